The van der Waals surface area contributed by atoms with Crippen LogP contribution in [0.15, 0.2) is 80.1 Å². The summed E-state index contributed by atoms with van der Waals surface area (Å²) >= 11 is 6.85. The maximum Gasteiger partial charge on any atom is 0.335 e. The lowest BCUT2D eigenvalue weighted by atomic mass is 9.81. The highest BCUT2D eigenvalue weighted by Gasteiger charge is 2.30. The second kappa shape index (κ2) is 12.9. The fourth-order valence-electron chi connectivity index (χ4n) is 3.21. The van der Waals surface area contributed by atoms with E-state index in [0.29, 0.717) is 33.6 Å². The summed E-state index contributed by atoms with van der Waals surface area (Å²) in [5, 5.41) is 17.8. The molecule has 0 fully saturated rings. The van der Waals surface area contributed by atoms with Gasteiger partial charge in [0.15, 0.2) is 23.1 Å². The molecule has 1 atom stereocenters. The fraction of sp³-hybridized carbons (Fsp3) is 0.250. The number of carbonyl (C=O) groups excluding carboxylic acids is 1. The number of ketones is 1. The Morgan fingerprint density at radius 3 is 2.71 bits per heavy atom. The van der Waals surface area contributed by atoms with Gasteiger partial charge in [-0.15, -0.1) is 0 Å². The summed E-state index contributed by atoms with van der Waals surface area (Å²) in [6, 6.07) is 5.17. The standard InChI is InChI=1S/C11H8ClNO2S.C11H14N2O.C2H3FO2/c1-2-3-10(14)16-11-13-8-6-7(12)4-5-9(8)15-11;1-6-7(2)11(12)13-8-4-3-5-9(14)10(6)8;3-1-2(4)5/h2-6,14H,1H2;6H,2-5H2,1H3,(H2,12,13);1H2,(H,4,5)/b10-3+;;. The molecule has 0 spiro atoms. The fourth-order valence-corrected chi connectivity index (χ4v) is 4.00. The molecule has 1 unspecified atom stereocenters. The maximum atomic E-state index is 11.7. The first-order valence-electron chi connectivity index (χ1n) is 10.4. The van der Waals surface area contributed by atoms with Gasteiger partial charge in [-0.25, -0.2) is 19.2 Å². The zero-order chi connectivity index (χ0) is 26.1. The molecule has 8 nitrogen and oxygen atoms in total. The molecule has 35 heavy (non-hydrogen) atoms. The van der Waals surface area contributed by atoms with Gasteiger partial charge in [0.1, 0.15) is 11.4 Å². The molecule has 1 aliphatic carbocycles. The summed E-state index contributed by atoms with van der Waals surface area (Å²) in [7, 11) is 0. The Morgan fingerprint density at radius 2 is 2.09 bits per heavy atom. The van der Waals surface area contributed by atoms with E-state index in [-0.39, 0.29) is 16.8 Å². The molecule has 2 aliphatic rings. The predicted octanol–water partition coefficient (Wildman–Crippen LogP) is 5.76. The minimum Gasteiger partial charge on any atom is -0.502 e. The number of aliphatic carboxylic acids is 1. The third kappa shape index (κ3) is 7.83. The molecular formula is C24H25ClFN3O5S. The van der Waals surface area contributed by atoms with Crippen LogP contribution in [0.2, 0.25) is 5.02 Å². The van der Waals surface area contributed by atoms with Gasteiger partial charge in [0.05, 0.1) is 5.70 Å². The Balaban J connectivity index is 0.000000209. The van der Waals surface area contributed by atoms with Crippen molar-refractivity contribution < 1.29 is 28.6 Å². The first-order valence-corrected chi connectivity index (χ1v) is 11.6. The van der Waals surface area contributed by atoms with Crippen LogP contribution >= 0.6 is 23.4 Å². The normalized spacial score (nSPS) is 17.5. The zero-order valence-electron chi connectivity index (χ0n) is 19.0. The molecule has 11 heteroatoms. The van der Waals surface area contributed by atoms with Gasteiger partial charge in [-0.2, -0.15) is 0 Å². The third-order valence-electron chi connectivity index (χ3n) is 4.87. The number of oxazole rings is 1. The number of halogens is 2. The van der Waals surface area contributed by atoms with Crippen molar-refractivity contribution in [2.24, 2.45) is 16.6 Å². The number of carbonyl (C=O) groups is 2. The van der Waals surface area contributed by atoms with Crippen molar-refractivity contribution in [1.82, 2.24) is 4.98 Å². The highest BCUT2D eigenvalue weighted by molar-refractivity contribution is 8.02. The molecule has 2 heterocycles. The number of aliphatic hydroxyl groups is 1. The second-order valence-corrected chi connectivity index (χ2v) is 8.75. The molecule has 4 rings (SSSR count). The molecule has 0 saturated heterocycles. The number of aliphatic imine (C=N–C) groups is 1. The summed E-state index contributed by atoms with van der Waals surface area (Å²) in [5.74, 6) is -0.651. The van der Waals surface area contributed by atoms with Crippen LogP contribution in [-0.4, -0.2) is 39.5 Å². The molecule has 1 aromatic heterocycles. The zero-order valence-corrected chi connectivity index (χ0v) is 20.5. The van der Waals surface area contributed by atoms with Gasteiger partial charge >= 0.3 is 5.97 Å². The van der Waals surface area contributed by atoms with Gasteiger partial charge in [0, 0.05) is 34.7 Å². The Labute approximate surface area is 210 Å². The van der Waals surface area contributed by atoms with Crippen LogP contribution in [0.1, 0.15) is 26.2 Å². The number of Topliss-reactive ketones (excluding diaryl/α,β-unsaturated/α-hetero) is 1. The Kier molecular flexibility index (Phi) is 10.3. The largest absolute Gasteiger partial charge is 0.502 e. The minimum atomic E-state index is -1.41. The Hall–Kier alpha value is -3.37. The first kappa shape index (κ1) is 27.9. The highest BCUT2D eigenvalue weighted by atomic mass is 35.5. The lowest BCUT2D eigenvalue weighted by Crippen LogP contribution is -2.29. The molecule has 0 saturated carbocycles. The second-order valence-electron chi connectivity index (χ2n) is 7.34. The number of hydrogen-bond donors (Lipinski definition) is 3. The van der Waals surface area contributed by atoms with Crippen LogP contribution in [0.5, 0.6) is 0 Å². The number of nitrogens with zero attached hydrogens (tertiary/aromatic N) is 2. The van der Waals surface area contributed by atoms with Crippen LogP contribution in [0.3, 0.4) is 0 Å². The number of amidine groups is 1. The number of hydrogen-bond acceptors (Lipinski definition) is 8. The van der Waals surface area contributed by atoms with Gasteiger partial charge in [0.2, 0.25) is 0 Å². The predicted molar refractivity (Wildman–Crippen MR) is 135 cm³/mol. The van der Waals surface area contributed by atoms with Gasteiger partial charge in [-0.3, -0.25) is 4.79 Å². The number of rotatable bonds is 4. The summed E-state index contributed by atoms with van der Waals surface area (Å²) in [6.45, 7) is 8.03. The van der Waals surface area contributed by atoms with Crippen molar-refractivity contribution in [3.8, 4) is 0 Å². The number of allylic oxidation sites excluding steroid dienone is 4. The number of aromatic nitrogens is 1. The van der Waals surface area contributed by atoms with Crippen molar-refractivity contribution >= 4 is 52.1 Å². The summed E-state index contributed by atoms with van der Waals surface area (Å²) in [6.07, 6.45) is 5.37. The topological polar surface area (TPSA) is 139 Å². The molecule has 0 bridgehead atoms. The van der Waals surface area contributed by atoms with E-state index in [1.807, 2.05) is 6.92 Å². The van der Waals surface area contributed by atoms with E-state index in [1.54, 1.807) is 18.2 Å². The molecule has 1 aliphatic heterocycles. The summed E-state index contributed by atoms with van der Waals surface area (Å²) < 4.78 is 15.9. The van der Waals surface area contributed by atoms with Crippen molar-refractivity contribution in [3.63, 3.8) is 0 Å². The molecule has 2 aromatic rings. The van der Waals surface area contributed by atoms with E-state index < -0.39 is 12.6 Å². The average molecular weight is 522 g/mol. The number of nitrogens with two attached hydrogens (primary N) is 1. The van der Waals surface area contributed by atoms with E-state index in [2.05, 4.69) is 23.1 Å². The van der Waals surface area contributed by atoms with Crippen LogP contribution in [0, 0.1) is 5.92 Å². The van der Waals surface area contributed by atoms with Crippen LogP contribution in [-0.2, 0) is 9.59 Å². The first-order chi connectivity index (χ1) is 16.6. The van der Waals surface area contributed by atoms with Crippen LogP contribution in [0.4, 0.5) is 4.39 Å². The maximum absolute atomic E-state index is 11.7. The average Bonchev–Trinajstić information content (AvgIpc) is 3.19. The third-order valence-corrected chi connectivity index (χ3v) is 5.80. The summed E-state index contributed by atoms with van der Waals surface area (Å²) in [5.41, 5.74) is 9.54. The number of thioether (sulfide) groups is 1. The number of carboxylic acid groups (broad SMARTS) is 1. The Morgan fingerprint density at radius 1 is 1.40 bits per heavy atom. The van der Waals surface area contributed by atoms with Crippen molar-refractivity contribution in [2.75, 3.05) is 6.67 Å². The van der Waals surface area contributed by atoms with E-state index in [9.17, 15) is 14.3 Å². The van der Waals surface area contributed by atoms with E-state index in [4.69, 9.17) is 31.7 Å². The monoisotopic (exact) mass is 521 g/mol. The van der Waals surface area contributed by atoms with Crippen LogP contribution < -0.4 is 5.73 Å². The van der Waals surface area contributed by atoms with Gasteiger partial charge in [0.25, 0.3) is 5.22 Å². The SMILES string of the molecule is C=C/C=C(\O)Sc1nc2cc(Cl)ccc2o1.C=C1C(N)=NC2=C(C(=O)CCC2)C1C.O=C(O)CF. The molecular weight excluding hydrogens is 497 g/mol. The lowest BCUT2D eigenvalue weighted by Gasteiger charge is -2.27. The molecule has 0 amide bonds. The smallest absolute Gasteiger partial charge is 0.335 e. The van der Waals surface area contributed by atoms with Crippen molar-refractivity contribution in [3.05, 3.63) is 70.5 Å². The van der Waals surface area contributed by atoms with Crippen molar-refractivity contribution in [1.29, 1.82) is 0 Å². The summed E-state index contributed by atoms with van der Waals surface area (Å²) in [4.78, 5) is 29.1. The molecule has 186 valence electrons. The minimum absolute atomic E-state index is 0.0512. The lowest BCUT2D eigenvalue weighted by molar-refractivity contribution is -0.137. The number of fused-ring (bicyclic) bond motifs is 1. The van der Waals surface area contributed by atoms with Gasteiger partial charge in [-0.1, -0.05) is 37.8 Å². The quantitative estimate of drug-likeness (QED) is 0.262. The van der Waals surface area contributed by atoms with Crippen LogP contribution in [0.25, 0.3) is 11.1 Å². The van der Waals surface area contributed by atoms with E-state index in [0.717, 1.165) is 41.4 Å². The van der Waals surface area contributed by atoms with E-state index in [1.165, 1.54) is 12.2 Å². The molecule has 0 radical (unpaired) electrons. The van der Waals surface area contributed by atoms with Gasteiger partial charge < -0.3 is 20.4 Å². The van der Waals surface area contributed by atoms with Gasteiger partial charge in [-0.05, 0) is 42.7 Å². The highest BCUT2D eigenvalue weighted by Crippen LogP contribution is 2.35. The van der Waals surface area contributed by atoms with Crippen molar-refractivity contribution in [2.45, 2.75) is 31.4 Å². The Bertz CT molecular complexity index is 1230. The number of carboxylic acids is 1. The van der Waals surface area contributed by atoms with E-state index >= 15 is 0 Å². The number of benzene rings is 1. The molecule has 4 N–H and O–H groups in total. The number of aliphatic hydroxyl groups excluding tert-OH is 1. The molecule has 1 aromatic carbocycles. The number of alkyl halides is 1.